The lowest BCUT2D eigenvalue weighted by molar-refractivity contribution is -0.154. The summed E-state index contributed by atoms with van der Waals surface area (Å²) in [5, 5.41) is 3.82. The Labute approximate surface area is 160 Å². The van der Waals surface area contributed by atoms with Gasteiger partial charge in [0.15, 0.2) is 0 Å². The predicted octanol–water partition coefficient (Wildman–Crippen LogP) is 3.79. The number of hydrogen-bond acceptors (Lipinski definition) is 5. The summed E-state index contributed by atoms with van der Waals surface area (Å²) in [6.07, 6.45) is 5.07. The van der Waals surface area contributed by atoms with Crippen LogP contribution in [0, 0.1) is 0 Å². The maximum atomic E-state index is 12.3. The molecule has 146 valence electrons. The van der Waals surface area contributed by atoms with Gasteiger partial charge < -0.3 is 15.8 Å². The first-order chi connectivity index (χ1) is 12.7. The van der Waals surface area contributed by atoms with E-state index in [1.165, 1.54) is 0 Å². The monoisotopic (exact) mass is 371 g/mol. The molecule has 1 atom stereocenters. The van der Waals surface area contributed by atoms with Crippen LogP contribution in [0.1, 0.15) is 52.9 Å². The van der Waals surface area contributed by atoms with Crippen LogP contribution in [0.25, 0.3) is 10.9 Å². The summed E-state index contributed by atoms with van der Waals surface area (Å²) in [5.41, 5.74) is 7.13. The van der Waals surface area contributed by atoms with Crippen LogP contribution in [0.4, 0.5) is 5.69 Å². The number of anilines is 1. The van der Waals surface area contributed by atoms with Crippen LogP contribution in [0.15, 0.2) is 36.5 Å². The summed E-state index contributed by atoms with van der Waals surface area (Å²) in [6.45, 7) is 5.57. The molecule has 1 aromatic carbocycles. The third kappa shape index (κ3) is 7.35. The normalized spacial score (nSPS) is 12.6. The van der Waals surface area contributed by atoms with Gasteiger partial charge in [0, 0.05) is 23.7 Å². The first kappa shape index (κ1) is 20.8. The lowest BCUT2D eigenvalue weighted by Gasteiger charge is -2.19. The molecule has 0 radical (unpaired) electrons. The maximum absolute atomic E-state index is 12.3. The van der Waals surface area contributed by atoms with E-state index in [1.807, 2.05) is 51.1 Å². The third-order valence-electron chi connectivity index (χ3n) is 4.02. The Kier molecular flexibility index (Phi) is 7.30. The summed E-state index contributed by atoms with van der Waals surface area (Å²) in [7, 11) is 0. The molecule has 0 spiro atoms. The largest absolute Gasteiger partial charge is 0.460 e. The Balaban J connectivity index is 1.70. The van der Waals surface area contributed by atoms with Crippen molar-refractivity contribution in [2.24, 2.45) is 5.73 Å². The van der Waals surface area contributed by atoms with Gasteiger partial charge in [0.05, 0.1) is 11.6 Å². The number of nitrogens with one attached hydrogen (secondary N) is 1. The second-order valence-electron chi connectivity index (χ2n) is 7.69. The molecule has 2 aromatic rings. The van der Waals surface area contributed by atoms with Crippen molar-refractivity contribution in [3.63, 3.8) is 0 Å². The van der Waals surface area contributed by atoms with Crippen molar-refractivity contribution in [1.29, 1.82) is 0 Å². The number of esters is 1. The van der Waals surface area contributed by atoms with Crippen molar-refractivity contribution in [3.05, 3.63) is 36.5 Å². The lowest BCUT2D eigenvalue weighted by atomic mass is 10.1. The molecule has 0 aliphatic heterocycles. The molecule has 0 aliphatic carbocycles. The molecule has 6 nitrogen and oxygen atoms in total. The van der Waals surface area contributed by atoms with Crippen LogP contribution in [0.5, 0.6) is 0 Å². The minimum absolute atomic E-state index is 0.185. The van der Waals surface area contributed by atoms with E-state index in [9.17, 15) is 9.59 Å². The first-order valence-corrected chi connectivity index (χ1v) is 9.38. The van der Waals surface area contributed by atoms with Gasteiger partial charge in [-0.25, -0.2) is 0 Å². The minimum Gasteiger partial charge on any atom is -0.460 e. The van der Waals surface area contributed by atoms with Crippen molar-refractivity contribution in [3.8, 4) is 0 Å². The number of pyridine rings is 1. The highest BCUT2D eigenvalue weighted by Crippen LogP contribution is 2.17. The zero-order valence-corrected chi connectivity index (χ0v) is 16.3. The second-order valence-corrected chi connectivity index (χ2v) is 7.69. The molecule has 27 heavy (non-hydrogen) atoms. The Morgan fingerprint density at radius 3 is 2.70 bits per heavy atom. The van der Waals surface area contributed by atoms with Crippen molar-refractivity contribution in [2.75, 3.05) is 5.32 Å². The average Bonchev–Trinajstić information content (AvgIpc) is 2.59. The highest BCUT2D eigenvalue weighted by Gasteiger charge is 2.16. The molecular formula is C21H29N3O3. The van der Waals surface area contributed by atoms with E-state index in [1.54, 1.807) is 6.20 Å². The third-order valence-corrected chi connectivity index (χ3v) is 4.02. The summed E-state index contributed by atoms with van der Waals surface area (Å²) >= 11 is 0. The number of carbonyl (C=O) groups is 2. The molecule has 1 aromatic heterocycles. The number of aromatic nitrogens is 1. The quantitative estimate of drug-likeness (QED) is 0.544. The summed E-state index contributed by atoms with van der Waals surface area (Å²) in [4.78, 5) is 28.2. The SMILES string of the molecule is CC(C)(C)OC(=O)CCCCCC(N)C(=O)Nc1ccc2ncccc2c1. The Morgan fingerprint density at radius 2 is 1.96 bits per heavy atom. The van der Waals surface area contributed by atoms with E-state index >= 15 is 0 Å². The Hall–Kier alpha value is -2.47. The van der Waals surface area contributed by atoms with Gasteiger partial charge in [-0.1, -0.05) is 18.9 Å². The molecule has 0 bridgehead atoms. The molecule has 1 amide bonds. The maximum Gasteiger partial charge on any atom is 0.306 e. The number of amides is 1. The number of hydrogen-bond donors (Lipinski definition) is 2. The number of rotatable bonds is 8. The van der Waals surface area contributed by atoms with Gasteiger partial charge in [0.2, 0.25) is 5.91 Å². The fourth-order valence-corrected chi connectivity index (χ4v) is 2.72. The van der Waals surface area contributed by atoms with Crippen molar-refractivity contribution in [1.82, 2.24) is 4.98 Å². The molecule has 0 aliphatic rings. The summed E-state index contributed by atoms with van der Waals surface area (Å²) in [6, 6.07) is 8.80. The van der Waals surface area contributed by atoms with Crippen LogP contribution in [0.2, 0.25) is 0 Å². The van der Waals surface area contributed by atoms with E-state index in [4.69, 9.17) is 10.5 Å². The van der Waals surface area contributed by atoms with Crippen LogP contribution < -0.4 is 11.1 Å². The second kappa shape index (κ2) is 9.46. The molecule has 1 unspecified atom stereocenters. The van der Waals surface area contributed by atoms with E-state index in [-0.39, 0.29) is 11.9 Å². The lowest BCUT2D eigenvalue weighted by Crippen LogP contribution is -2.35. The van der Waals surface area contributed by atoms with Gasteiger partial charge in [-0.05, 0) is 57.9 Å². The number of unbranched alkanes of at least 4 members (excludes halogenated alkanes) is 2. The first-order valence-electron chi connectivity index (χ1n) is 9.38. The Morgan fingerprint density at radius 1 is 1.19 bits per heavy atom. The predicted molar refractivity (Wildman–Crippen MR) is 107 cm³/mol. The van der Waals surface area contributed by atoms with Gasteiger partial charge in [-0.3, -0.25) is 14.6 Å². The smallest absolute Gasteiger partial charge is 0.306 e. The molecule has 6 heteroatoms. The van der Waals surface area contributed by atoms with E-state index in [0.29, 0.717) is 18.5 Å². The van der Waals surface area contributed by atoms with Crippen molar-refractivity contribution >= 4 is 28.5 Å². The highest BCUT2D eigenvalue weighted by molar-refractivity contribution is 5.96. The van der Waals surface area contributed by atoms with Gasteiger partial charge in [-0.2, -0.15) is 0 Å². The van der Waals surface area contributed by atoms with Gasteiger partial charge >= 0.3 is 5.97 Å². The van der Waals surface area contributed by atoms with Crippen molar-refractivity contribution < 1.29 is 14.3 Å². The van der Waals surface area contributed by atoms with E-state index in [0.717, 1.165) is 30.2 Å². The number of ether oxygens (including phenoxy) is 1. The molecule has 0 saturated carbocycles. The number of carbonyl (C=O) groups excluding carboxylic acids is 2. The highest BCUT2D eigenvalue weighted by atomic mass is 16.6. The van der Waals surface area contributed by atoms with Crippen LogP contribution in [-0.2, 0) is 14.3 Å². The topological polar surface area (TPSA) is 94.3 Å². The molecule has 2 rings (SSSR count). The molecule has 1 heterocycles. The van der Waals surface area contributed by atoms with Gasteiger partial charge in [0.25, 0.3) is 0 Å². The number of nitrogens with two attached hydrogens (primary N) is 1. The summed E-state index contributed by atoms with van der Waals surface area (Å²) in [5.74, 6) is -0.388. The Bertz CT molecular complexity index is 784. The van der Waals surface area contributed by atoms with Gasteiger partial charge in [-0.15, -0.1) is 0 Å². The number of nitrogens with zero attached hydrogens (tertiary/aromatic N) is 1. The fourth-order valence-electron chi connectivity index (χ4n) is 2.72. The zero-order chi connectivity index (χ0) is 19.9. The van der Waals surface area contributed by atoms with Gasteiger partial charge in [0.1, 0.15) is 5.60 Å². The molecular weight excluding hydrogens is 342 g/mol. The molecule has 3 N–H and O–H groups in total. The zero-order valence-electron chi connectivity index (χ0n) is 16.3. The van der Waals surface area contributed by atoms with Crippen LogP contribution in [0.3, 0.4) is 0 Å². The van der Waals surface area contributed by atoms with Crippen molar-refractivity contribution in [2.45, 2.75) is 64.5 Å². The number of fused-ring (bicyclic) bond motifs is 1. The standard InChI is InChI=1S/C21H29N3O3/c1-21(2,3)27-19(25)10-6-4-5-9-17(22)20(26)24-16-11-12-18-15(14-16)8-7-13-23-18/h7-8,11-14,17H,4-6,9-10,22H2,1-3H3,(H,24,26). The van der Waals surface area contributed by atoms with E-state index < -0.39 is 11.6 Å². The molecule has 0 saturated heterocycles. The minimum atomic E-state index is -0.573. The average molecular weight is 371 g/mol. The molecule has 0 fully saturated rings. The van der Waals surface area contributed by atoms with Crippen LogP contribution in [-0.4, -0.2) is 28.5 Å². The van der Waals surface area contributed by atoms with E-state index in [2.05, 4.69) is 10.3 Å². The van der Waals surface area contributed by atoms with Crippen LogP contribution >= 0.6 is 0 Å². The summed E-state index contributed by atoms with van der Waals surface area (Å²) < 4.78 is 5.27. The number of benzene rings is 1. The fraction of sp³-hybridized carbons (Fsp3) is 0.476.